The number of tetrazole rings is 1. The van der Waals surface area contributed by atoms with Gasteiger partial charge in [-0.3, -0.25) is 0 Å². The van der Waals surface area contributed by atoms with Crippen LogP contribution in [0.3, 0.4) is 0 Å². The van der Waals surface area contributed by atoms with E-state index in [0.717, 1.165) is 22.3 Å². The van der Waals surface area contributed by atoms with Crippen molar-refractivity contribution in [2.45, 2.75) is 51.5 Å². The van der Waals surface area contributed by atoms with Gasteiger partial charge in [0.15, 0.2) is 0 Å². The van der Waals surface area contributed by atoms with E-state index in [1.54, 1.807) is 17.7 Å². The highest BCUT2D eigenvalue weighted by Crippen LogP contribution is 2.31. The van der Waals surface area contributed by atoms with Crippen LogP contribution < -0.4 is 0 Å². The van der Waals surface area contributed by atoms with Gasteiger partial charge < -0.3 is 0 Å². The van der Waals surface area contributed by atoms with Crippen molar-refractivity contribution in [1.29, 1.82) is 0 Å². The van der Waals surface area contributed by atoms with E-state index in [0.29, 0.717) is 43.9 Å². The summed E-state index contributed by atoms with van der Waals surface area (Å²) >= 11 is 0. The molecule has 0 radical (unpaired) electrons. The fourth-order valence-electron chi connectivity index (χ4n) is 3.82. The summed E-state index contributed by atoms with van der Waals surface area (Å²) in [6, 6.07) is 16.0. The summed E-state index contributed by atoms with van der Waals surface area (Å²) in [5, 5.41) is 18.5. The van der Waals surface area contributed by atoms with Crippen LogP contribution in [0.15, 0.2) is 61.2 Å². The summed E-state index contributed by atoms with van der Waals surface area (Å²) in [6.07, 6.45) is 3.72. The number of halogens is 2. The number of allylic oxidation sites excluding steroid dienone is 1. The Morgan fingerprint density at radius 1 is 1.09 bits per heavy atom. The normalized spacial score (nSPS) is 11.6. The molecule has 4 rings (SSSR count). The molecule has 0 aliphatic heterocycles. The SMILES string of the molecule is C=CCCc1nc(C(F)(F)CCC)nn1Cc1ccc(Cc2ccccc2-c2nn[nH]n2)cc1. The number of hydrogen-bond donors (Lipinski definition) is 1. The molecule has 1 N–H and O–H groups in total. The second-order valence-corrected chi connectivity index (χ2v) is 8.18. The highest BCUT2D eigenvalue weighted by molar-refractivity contribution is 5.60. The molecule has 34 heavy (non-hydrogen) atoms. The van der Waals surface area contributed by atoms with E-state index in [2.05, 4.69) is 37.3 Å². The largest absolute Gasteiger partial charge is 0.308 e. The molecule has 0 aliphatic rings. The van der Waals surface area contributed by atoms with Crippen LogP contribution in [0.4, 0.5) is 8.78 Å². The number of nitrogens with zero attached hydrogens (tertiary/aromatic N) is 6. The van der Waals surface area contributed by atoms with E-state index in [4.69, 9.17) is 0 Å². The number of nitrogens with one attached hydrogen (secondary N) is 1. The first kappa shape index (κ1) is 23.4. The lowest BCUT2D eigenvalue weighted by Gasteiger charge is -2.10. The van der Waals surface area contributed by atoms with Crippen molar-refractivity contribution < 1.29 is 8.78 Å². The summed E-state index contributed by atoms with van der Waals surface area (Å²) < 4.78 is 30.4. The zero-order valence-corrected chi connectivity index (χ0v) is 19.1. The number of alkyl halides is 2. The van der Waals surface area contributed by atoms with Gasteiger partial charge in [-0.1, -0.05) is 61.5 Å². The molecule has 0 saturated carbocycles. The molecule has 0 spiro atoms. The lowest BCUT2D eigenvalue weighted by Crippen LogP contribution is -2.15. The fourth-order valence-corrected chi connectivity index (χ4v) is 3.82. The Labute approximate surface area is 196 Å². The number of rotatable bonds is 11. The molecule has 0 saturated heterocycles. The van der Waals surface area contributed by atoms with E-state index in [1.807, 2.05) is 48.5 Å². The van der Waals surface area contributed by atoms with Crippen molar-refractivity contribution in [2.24, 2.45) is 0 Å². The summed E-state index contributed by atoms with van der Waals surface area (Å²) in [5.41, 5.74) is 4.09. The lowest BCUT2D eigenvalue weighted by atomic mass is 9.98. The van der Waals surface area contributed by atoms with Crippen LogP contribution in [0.1, 0.15) is 54.5 Å². The molecule has 7 nitrogen and oxygen atoms in total. The Morgan fingerprint density at radius 2 is 1.85 bits per heavy atom. The minimum absolute atomic E-state index is 0.266. The molecule has 176 valence electrons. The van der Waals surface area contributed by atoms with Crippen LogP contribution in [0.25, 0.3) is 11.4 Å². The molecule has 2 heterocycles. The molecule has 0 amide bonds. The van der Waals surface area contributed by atoms with Gasteiger partial charge in [-0.25, -0.2) is 9.67 Å². The molecule has 0 bridgehead atoms. The van der Waals surface area contributed by atoms with Gasteiger partial charge in [0.2, 0.25) is 11.6 Å². The standard InChI is InChI=1S/C25H27F2N7/c1-3-5-10-22-28-24(25(26,27)15-4-2)31-34(22)17-19-13-11-18(12-14-19)16-20-8-6-7-9-21(20)23-29-32-33-30-23/h3,6-9,11-14H,1,4-5,10,15-17H2,2H3,(H,29,30,32,33). The first-order valence-electron chi connectivity index (χ1n) is 11.3. The molecule has 9 heteroatoms. The maximum atomic E-state index is 14.4. The van der Waals surface area contributed by atoms with Crippen molar-refractivity contribution in [1.82, 2.24) is 35.4 Å². The van der Waals surface area contributed by atoms with E-state index in [-0.39, 0.29) is 6.42 Å². The predicted octanol–water partition coefficient (Wildman–Crippen LogP) is 5.11. The maximum absolute atomic E-state index is 14.4. The van der Waals surface area contributed by atoms with Gasteiger partial charge in [-0.05, 0) is 41.2 Å². The van der Waals surface area contributed by atoms with Gasteiger partial charge in [0.1, 0.15) is 5.82 Å². The molecular weight excluding hydrogens is 436 g/mol. The van der Waals surface area contributed by atoms with Crippen LogP contribution in [-0.2, 0) is 25.3 Å². The van der Waals surface area contributed by atoms with Crippen molar-refractivity contribution in [3.8, 4) is 11.4 Å². The van der Waals surface area contributed by atoms with Gasteiger partial charge >= 0.3 is 5.92 Å². The summed E-state index contributed by atoms with van der Waals surface area (Å²) in [6.45, 7) is 5.83. The number of aromatic amines is 1. The van der Waals surface area contributed by atoms with E-state index < -0.39 is 11.7 Å². The third-order valence-electron chi connectivity index (χ3n) is 5.57. The molecule has 2 aromatic heterocycles. The van der Waals surface area contributed by atoms with Gasteiger partial charge in [0, 0.05) is 18.4 Å². The highest BCUT2D eigenvalue weighted by atomic mass is 19.3. The minimum Gasteiger partial charge on any atom is -0.245 e. The second kappa shape index (κ2) is 10.5. The van der Waals surface area contributed by atoms with Crippen molar-refractivity contribution in [2.75, 3.05) is 0 Å². The number of H-pyrrole nitrogens is 1. The van der Waals surface area contributed by atoms with E-state index in [9.17, 15) is 8.78 Å². The number of benzene rings is 2. The Morgan fingerprint density at radius 3 is 2.56 bits per heavy atom. The fraction of sp³-hybridized carbons (Fsp3) is 0.320. The minimum atomic E-state index is -3.03. The molecule has 0 fully saturated rings. The Kier molecular flexibility index (Phi) is 7.20. The molecular formula is C25H27F2N7. The summed E-state index contributed by atoms with van der Waals surface area (Å²) in [5.74, 6) is -2.33. The van der Waals surface area contributed by atoms with Gasteiger partial charge in [-0.15, -0.1) is 21.9 Å². The maximum Gasteiger partial charge on any atom is 0.308 e. The third-order valence-corrected chi connectivity index (χ3v) is 5.57. The smallest absolute Gasteiger partial charge is 0.245 e. The van der Waals surface area contributed by atoms with Crippen LogP contribution in [0.5, 0.6) is 0 Å². The average molecular weight is 464 g/mol. The Balaban J connectivity index is 1.52. The molecule has 0 aliphatic carbocycles. The lowest BCUT2D eigenvalue weighted by molar-refractivity contribution is -0.0232. The first-order chi connectivity index (χ1) is 16.5. The number of aromatic nitrogens is 7. The first-order valence-corrected chi connectivity index (χ1v) is 11.3. The summed E-state index contributed by atoms with van der Waals surface area (Å²) in [7, 11) is 0. The second-order valence-electron chi connectivity index (χ2n) is 8.18. The van der Waals surface area contributed by atoms with Crippen LogP contribution >= 0.6 is 0 Å². The van der Waals surface area contributed by atoms with E-state index in [1.165, 1.54) is 0 Å². The molecule has 2 aromatic carbocycles. The van der Waals surface area contributed by atoms with E-state index >= 15 is 0 Å². The van der Waals surface area contributed by atoms with Crippen LogP contribution in [0, 0.1) is 0 Å². The Bertz CT molecular complexity index is 1210. The Hall–Kier alpha value is -3.75. The van der Waals surface area contributed by atoms with Gasteiger partial charge in [0.05, 0.1) is 6.54 Å². The van der Waals surface area contributed by atoms with Crippen LogP contribution in [-0.4, -0.2) is 35.4 Å². The zero-order valence-electron chi connectivity index (χ0n) is 19.1. The number of hydrogen-bond acceptors (Lipinski definition) is 5. The van der Waals surface area contributed by atoms with Crippen molar-refractivity contribution >= 4 is 0 Å². The third kappa shape index (κ3) is 5.41. The quantitative estimate of drug-likeness (QED) is 0.313. The monoisotopic (exact) mass is 463 g/mol. The highest BCUT2D eigenvalue weighted by Gasteiger charge is 2.36. The van der Waals surface area contributed by atoms with Gasteiger partial charge in [0.25, 0.3) is 0 Å². The topological polar surface area (TPSA) is 85.2 Å². The van der Waals surface area contributed by atoms with Crippen molar-refractivity contribution in [3.05, 3.63) is 89.5 Å². The predicted molar refractivity (Wildman–Crippen MR) is 125 cm³/mol. The molecule has 4 aromatic rings. The summed E-state index contributed by atoms with van der Waals surface area (Å²) in [4.78, 5) is 4.18. The molecule has 0 unspecified atom stereocenters. The number of aryl methyl sites for hydroxylation is 1. The zero-order chi connectivity index (χ0) is 24.0. The van der Waals surface area contributed by atoms with Gasteiger partial charge in [-0.2, -0.15) is 14.0 Å². The van der Waals surface area contributed by atoms with Crippen LogP contribution in [0.2, 0.25) is 0 Å². The average Bonchev–Trinajstić information content (AvgIpc) is 3.50. The van der Waals surface area contributed by atoms with Crippen molar-refractivity contribution in [3.63, 3.8) is 0 Å². The molecule has 0 atom stereocenters.